The summed E-state index contributed by atoms with van der Waals surface area (Å²) in [6.45, 7) is 2.79. The van der Waals surface area contributed by atoms with Crippen LogP contribution in [0.2, 0.25) is 0 Å². The Labute approximate surface area is 133 Å². The molecule has 0 N–H and O–H groups in total. The van der Waals surface area contributed by atoms with E-state index in [0.717, 1.165) is 11.4 Å². The highest BCUT2D eigenvalue weighted by atomic mass is 16.5. The van der Waals surface area contributed by atoms with Crippen molar-refractivity contribution in [3.05, 3.63) is 47.7 Å². The number of ether oxygens (including phenoxy) is 2. The van der Waals surface area contributed by atoms with Crippen LogP contribution in [0.15, 0.2) is 41.5 Å². The maximum Gasteiger partial charge on any atom is 0.339 e. The third kappa shape index (κ3) is 2.06. The molecule has 1 aromatic heterocycles. The van der Waals surface area contributed by atoms with Crippen LogP contribution in [0, 0.1) is 0 Å². The minimum absolute atomic E-state index is 0.176. The average Bonchev–Trinajstić information content (AvgIpc) is 2.89. The van der Waals surface area contributed by atoms with Gasteiger partial charge in [-0.1, -0.05) is 12.1 Å². The lowest BCUT2D eigenvalue weighted by molar-refractivity contribution is 0.0600. The number of esters is 1. The number of aliphatic imine (C=N–C) groups is 1. The Morgan fingerprint density at radius 2 is 2.17 bits per heavy atom. The molecule has 0 aliphatic carbocycles. The molecule has 6 nitrogen and oxygen atoms in total. The van der Waals surface area contributed by atoms with Gasteiger partial charge < -0.3 is 14.4 Å². The molecular formula is C17H15N3O3. The highest BCUT2D eigenvalue weighted by molar-refractivity contribution is 6.14. The van der Waals surface area contributed by atoms with Crippen LogP contribution in [0.5, 0.6) is 11.5 Å². The van der Waals surface area contributed by atoms with Crippen molar-refractivity contribution < 1.29 is 14.3 Å². The van der Waals surface area contributed by atoms with E-state index in [1.165, 1.54) is 13.3 Å². The molecule has 6 heteroatoms. The zero-order chi connectivity index (χ0) is 16.0. The summed E-state index contributed by atoms with van der Waals surface area (Å²) in [6.07, 6.45) is 1.51. The van der Waals surface area contributed by atoms with Gasteiger partial charge in [0, 0.05) is 12.3 Å². The second-order valence-corrected chi connectivity index (χ2v) is 5.52. The number of amidine groups is 1. The van der Waals surface area contributed by atoms with Crippen LogP contribution in [0.3, 0.4) is 0 Å². The van der Waals surface area contributed by atoms with Gasteiger partial charge in [-0.05, 0) is 19.1 Å². The van der Waals surface area contributed by atoms with Crippen molar-refractivity contribution in [2.75, 3.05) is 18.6 Å². The van der Waals surface area contributed by atoms with Gasteiger partial charge in [0.15, 0.2) is 11.6 Å². The predicted octanol–water partition coefficient (Wildman–Crippen LogP) is 2.63. The topological polar surface area (TPSA) is 64.0 Å². The first-order valence-electron chi connectivity index (χ1n) is 7.38. The molecule has 0 radical (unpaired) electrons. The van der Waals surface area contributed by atoms with E-state index in [4.69, 9.17) is 9.47 Å². The molecule has 2 aliphatic heterocycles. The van der Waals surface area contributed by atoms with Crippen LogP contribution in [-0.2, 0) is 4.74 Å². The Kier molecular flexibility index (Phi) is 3.04. The third-order valence-electron chi connectivity index (χ3n) is 4.00. The van der Waals surface area contributed by atoms with Crippen molar-refractivity contribution in [3.8, 4) is 11.5 Å². The SMILES string of the molecule is COC(=O)c1cnc2c(c1)Oc1ccccc1C1=NCC(C)N12. The molecule has 116 valence electrons. The van der Waals surface area contributed by atoms with Crippen molar-refractivity contribution in [3.63, 3.8) is 0 Å². The summed E-state index contributed by atoms with van der Waals surface area (Å²) < 4.78 is 10.8. The molecule has 1 atom stereocenters. The normalized spacial score (nSPS) is 18.1. The predicted molar refractivity (Wildman–Crippen MR) is 85.4 cm³/mol. The number of carbonyl (C=O) groups is 1. The van der Waals surface area contributed by atoms with Crippen LogP contribution >= 0.6 is 0 Å². The molecule has 0 saturated heterocycles. The van der Waals surface area contributed by atoms with Gasteiger partial charge in [0.2, 0.25) is 0 Å². The second kappa shape index (κ2) is 5.08. The monoisotopic (exact) mass is 309 g/mol. The first-order valence-corrected chi connectivity index (χ1v) is 7.38. The summed E-state index contributed by atoms with van der Waals surface area (Å²) in [5, 5.41) is 0. The standard InChI is InChI=1S/C17H15N3O3/c1-10-8-18-15-12-5-3-4-6-13(12)23-14-7-11(17(21)22-2)9-19-16(14)20(10)15/h3-7,9-10H,8H2,1-2H3. The number of hydrogen-bond acceptors (Lipinski definition) is 6. The number of aromatic nitrogens is 1. The number of nitrogens with zero attached hydrogens (tertiary/aromatic N) is 3. The van der Waals surface area contributed by atoms with E-state index in [9.17, 15) is 4.79 Å². The lowest BCUT2D eigenvalue weighted by Gasteiger charge is -2.23. The van der Waals surface area contributed by atoms with E-state index in [1.807, 2.05) is 24.3 Å². The van der Waals surface area contributed by atoms with Crippen LogP contribution in [-0.4, -0.2) is 36.5 Å². The van der Waals surface area contributed by atoms with Gasteiger partial charge in [0.25, 0.3) is 0 Å². The summed E-state index contributed by atoms with van der Waals surface area (Å²) in [6, 6.07) is 9.57. The molecule has 0 bridgehead atoms. The van der Waals surface area contributed by atoms with Crippen molar-refractivity contribution in [1.29, 1.82) is 0 Å². The number of hydrogen-bond donors (Lipinski definition) is 0. The summed E-state index contributed by atoms with van der Waals surface area (Å²) >= 11 is 0. The fraction of sp³-hybridized carbons (Fsp3) is 0.235. The van der Waals surface area contributed by atoms with E-state index >= 15 is 0 Å². The van der Waals surface area contributed by atoms with Crippen molar-refractivity contribution in [1.82, 2.24) is 4.98 Å². The number of benzene rings is 1. The van der Waals surface area contributed by atoms with Gasteiger partial charge in [-0.2, -0.15) is 0 Å². The Hall–Kier alpha value is -2.89. The number of rotatable bonds is 1. The van der Waals surface area contributed by atoms with Gasteiger partial charge in [0.1, 0.15) is 11.6 Å². The van der Waals surface area contributed by atoms with Gasteiger partial charge in [-0.25, -0.2) is 9.78 Å². The summed E-state index contributed by atoms with van der Waals surface area (Å²) in [4.78, 5) is 22.9. The molecule has 0 fully saturated rings. The number of pyridine rings is 1. The van der Waals surface area contributed by atoms with Crippen molar-refractivity contribution >= 4 is 17.6 Å². The van der Waals surface area contributed by atoms with Crippen molar-refractivity contribution in [2.24, 2.45) is 4.99 Å². The maximum absolute atomic E-state index is 11.8. The summed E-state index contributed by atoms with van der Waals surface area (Å²) in [5.74, 6) is 2.31. The van der Waals surface area contributed by atoms with Gasteiger partial charge in [-0.3, -0.25) is 4.99 Å². The van der Waals surface area contributed by atoms with E-state index in [1.54, 1.807) is 6.07 Å². The largest absolute Gasteiger partial charge is 0.465 e. The first-order chi connectivity index (χ1) is 11.2. The van der Waals surface area contributed by atoms with Crippen LogP contribution in [0.1, 0.15) is 22.8 Å². The highest BCUT2D eigenvalue weighted by Crippen LogP contribution is 2.40. The van der Waals surface area contributed by atoms with E-state index < -0.39 is 5.97 Å². The van der Waals surface area contributed by atoms with Crippen LogP contribution < -0.4 is 9.64 Å². The molecule has 0 amide bonds. The molecule has 0 saturated carbocycles. The van der Waals surface area contributed by atoms with E-state index in [-0.39, 0.29) is 6.04 Å². The first kappa shape index (κ1) is 13.8. The number of methoxy groups -OCH3 is 1. The smallest absolute Gasteiger partial charge is 0.339 e. The minimum atomic E-state index is -0.440. The lowest BCUT2D eigenvalue weighted by atomic mass is 10.1. The Morgan fingerprint density at radius 1 is 1.35 bits per heavy atom. The molecular weight excluding hydrogens is 294 g/mol. The minimum Gasteiger partial charge on any atom is -0.465 e. The van der Waals surface area contributed by atoms with Gasteiger partial charge >= 0.3 is 5.97 Å². The second-order valence-electron chi connectivity index (χ2n) is 5.52. The summed E-state index contributed by atoms with van der Waals surface area (Å²) in [5.41, 5.74) is 1.28. The highest BCUT2D eigenvalue weighted by Gasteiger charge is 2.34. The van der Waals surface area contributed by atoms with Gasteiger partial charge in [-0.15, -0.1) is 0 Å². The quantitative estimate of drug-likeness (QED) is 0.758. The van der Waals surface area contributed by atoms with Crippen molar-refractivity contribution in [2.45, 2.75) is 13.0 Å². The lowest BCUT2D eigenvalue weighted by Crippen LogP contribution is -2.35. The molecule has 0 spiro atoms. The number of fused-ring (bicyclic) bond motifs is 5. The molecule has 2 aliphatic rings. The average molecular weight is 309 g/mol. The molecule has 1 aromatic carbocycles. The fourth-order valence-corrected chi connectivity index (χ4v) is 2.89. The Morgan fingerprint density at radius 3 is 3.00 bits per heavy atom. The van der Waals surface area contributed by atoms with E-state index in [2.05, 4.69) is 21.8 Å². The molecule has 4 rings (SSSR count). The number of carbonyl (C=O) groups excluding carboxylic acids is 1. The molecule has 3 heterocycles. The fourth-order valence-electron chi connectivity index (χ4n) is 2.89. The zero-order valence-electron chi connectivity index (χ0n) is 12.8. The summed E-state index contributed by atoms with van der Waals surface area (Å²) in [7, 11) is 1.34. The maximum atomic E-state index is 11.8. The molecule has 23 heavy (non-hydrogen) atoms. The Bertz CT molecular complexity index is 832. The van der Waals surface area contributed by atoms with Crippen LogP contribution in [0.25, 0.3) is 0 Å². The van der Waals surface area contributed by atoms with Crippen LogP contribution in [0.4, 0.5) is 5.82 Å². The zero-order valence-corrected chi connectivity index (χ0v) is 12.8. The molecule has 2 aromatic rings. The third-order valence-corrected chi connectivity index (χ3v) is 4.00. The Balaban J connectivity index is 1.92. The van der Waals surface area contributed by atoms with E-state index in [0.29, 0.717) is 29.4 Å². The molecule has 1 unspecified atom stereocenters. The number of para-hydroxylation sites is 1. The number of anilines is 1. The van der Waals surface area contributed by atoms with Gasteiger partial charge in [0.05, 0.1) is 30.8 Å².